The maximum Gasteiger partial charge on any atom is 0.128 e. The zero-order chi connectivity index (χ0) is 12.3. The van der Waals surface area contributed by atoms with E-state index in [1.54, 1.807) is 6.07 Å². The van der Waals surface area contributed by atoms with Crippen LogP contribution in [0.25, 0.3) is 0 Å². The molecule has 1 aliphatic carbocycles. The average molecular weight is 235 g/mol. The highest BCUT2D eigenvalue weighted by Crippen LogP contribution is 2.31. The van der Waals surface area contributed by atoms with E-state index in [1.165, 1.54) is 18.6 Å². The van der Waals surface area contributed by atoms with Crippen LogP contribution in [0.3, 0.4) is 0 Å². The molecule has 1 aromatic rings. The molecule has 3 N–H and O–H groups in total. The average Bonchev–Trinajstić information content (AvgIpc) is 2.34. The quantitative estimate of drug-likeness (QED) is 0.419. The number of nitrogens with zero attached hydrogens (tertiary/aromatic N) is 1. The summed E-state index contributed by atoms with van der Waals surface area (Å²) in [4.78, 5) is 0. The largest absolute Gasteiger partial charge is 0.508 e. The Kier molecular flexibility index (Phi) is 3.52. The Morgan fingerprint density at radius 1 is 1.12 bits per heavy atom. The summed E-state index contributed by atoms with van der Waals surface area (Å²) in [5.74, 6) is 0.166. The summed E-state index contributed by atoms with van der Waals surface area (Å²) in [5, 5.41) is 31.5. The van der Waals surface area contributed by atoms with Crippen molar-refractivity contribution < 1.29 is 15.4 Å². The molecule has 0 aliphatic heterocycles. The number of oxime groups is 1. The number of phenolic OH excluding ortho intramolecular Hbond substituents is 2. The van der Waals surface area contributed by atoms with Crippen molar-refractivity contribution in [1.29, 1.82) is 0 Å². The molecule has 17 heavy (non-hydrogen) atoms. The molecular weight excluding hydrogens is 218 g/mol. The lowest BCUT2D eigenvalue weighted by Gasteiger charge is -2.22. The fourth-order valence-corrected chi connectivity index (χ4v) is 2.47. The molecule has 0 saturated heterocycles. The number of rotatable bonds is 2. The zero-order valence-corrected chi connectivity index (χ0v) is 9.63. The van der Waals surface area contributed by atoms with Crippen LogP contribution in [-0.4, -0.2) is 21.1 Å². The maximum atomic E-state index is 9.77. The van der Waals surface area contributed by atoms with E-state index >= 15 is 0 Å². The molecule has 0 atom stereocenters. The van der Waals surface area contributed by atoms with Crippen LogP contribution in [0.1, 0.15) is 37.7 Å². The van der Waals surface area contributed by atoms with Gasteiger partial charge in [0, 0.05) is 17.5 Å². The normalized spacial score (nSPS) is 18.2. The number of hydrogen-bond donors (Lipinski definition) is 3. The fourth-order valence-electron chi connectivity index (χ4n) is 2.47. The molecule has 0 bridgehead atoms. The van der Waals surface area contributed by atoms with E-state index in [0.717, 1.165) is 25.7 Å². The lowest BCUT2D eigenvalue weighted by atomic mass is 9.83. The van der Waals surface area contributed by atoms with Gasteiger partial charge in [0.2, 0.25) is 0 Å². The minimum absolute atomic E-state index is 0.00665. The highest BCUT2D eigenvalue weighted by atomic mass is 16.4. The standard InChI is InChI=1S/C13H17NO3/c15-10-6-7-11(12(16)8-10)13(14-17)9-4-2-1-3-5-9/h6-9,15-17H,1-5H2/b14-13-. The van der Waals surface area contributed by atoms with Crippen molar-refractivity contribution in [2.75, 3.05) is 0 Å². The van der Waals surface area contributed by atoms with Crippen LogP contribution < -0.4 is 0 Å². The Morgan fingerprint density at radius 2 is 1.82 bits per heavy atom. The van der Waals surface area contributed by atoms with Crippen LogP contribution in [0.5, 0.6) is 11.5 Å². The summed E-state index contributed by atoms with van der Waals surface area (Å²) in [6.07, 6.45) is 5.45. The van der Waals surface area contributed by atoms with Gasteiger partial charge in [-0.3, -0.25) is 0 Å². The highest BCUT2D eigenvalue weighted by Gasteiger charge is 2.23. The van der Waals surface area contributed by atoms with Crippen molar-refractivity contribution >= 4 is 5.71 Å². The van der Waals surface area contributed by atoms with Gasteiger partial charge in [-0.05, 0) is 25.0 Å². The van der Waals surface area contributed by atoms with Gasteiger partial charge in [0.15, 0.2) is 0 Å². The summed E-state index contributed by atoms with van der Waals surface area (Å²) in [7, 11) is 0. The molecule has 0 heterocycles. The summed E-state index contributed by atoms with van der Waals surface area (Å²) in [6, 6.07) is 4.35. The first-order chi connectivity index (χ1) is 8.22. The van der Waals surface area contributed by atoms with Crippen LogP contribution in [0.4, 0.5) is 0 Å². The molecular formula is C13H17NO3. The molecule has 0 aromatic heterocycles. The molecule has 0 unspecified atom stereocenters. The maximum absolute atomic E-state index is 9.77. The van der Waals surface area contributed by atoms with E-state index in [4.69, 9.17) is 5.21 Å². The first kappa shape index (κ1) is 11.8. The van der Waals surface area contributed by atoms with Crippen LogP contribution in [0.15, 0.2) is 23.4 Å². The minimum Gasteiger partial charge on any atom is -0.508 e. The van der Waals surface area contributed by atoms with Gasteiger partial charge in [-0.2, -0.15) is 0 Å². The molecule has 4 nitrogen and oxygen atoms in total. The second kappa shape index (κ2) is 5.08. The molecule has 1 aliphatic rings. The van der Waals surface area contributed by atoms with Gasteiger partial charge in [-0.25, -0.2) is 0 Å². The lowest BCUT2D eigenvalue weighted by molar-refractivity contribution is 0.310. The Bertz CT molecular complexity index is 423. The first-order valence-electron chi connectivity index (χ1n) is 5.96. The molecule has 0 amide bonds. The van der Waals surface area contributed by atoms with Crippen molar-refractivity contribution in [3.05, 3.63) is 23.8 Å². The molecule has 92 valence electrons. The topological polar surface area (TPSA) is 73.1 Å². The van der Waals surface area contributed by atoms with Gasteiger partial charge in [0.1, 0.15) is 11.5 Å². The second-order valence-electron chi connectivity index (χ2n) is 4.52. The minimum atomic E-state index is -0.0385. The number of benzene rings is 1. The smallest absolute Gasteiger partial charge is 0.128 e. The van der Waals surface area contributed by atoms with Crippen molar-refractivity contribution in [3.63, 3.8) is 0 Å². The number of hydrogen-bond acceptors (Lipinski definition) is 4. The van der Waals surface area contributed by atoms with Crippen LogP contribution in [-0.2, 0) is 0 Å². The van der Waals surface area contributed by atoms with Gasteiger partial charge in [0.25, 0.3) is 0 Å². The Balaban J connectivity index is 2.28. The van der Waals surface area contributed by atoms with Crippen molar-refractivity contribution in [2.24, 2.45) is 11.1 Å². The first-order valence-corrected chi connectivity index (χ1v) is 5.96. The third kappa shape index (κ3) is 2.52. The van der Waals surface area contributed by atoms with E-state index in [1.807, 2.05) is 0 Å². The van der Waals surface area contributed by atoms with E-state index in [2.05, 4.69) is 5.16 Å². The van der Waals surface area contributed by atoms with Gasteiger partial charge in [0.05, 0.1) is 5.71 Å². The molecule has 0 spiro atoms. The predicted molar refractivity (Wildman–Crippen MR) is 64.7 cm³/mol. The van der Waals surface area contributed by atoms with Gasteiger partial charge in [-0.15, -0.1) is 0 Å². The van der Waals surface area contributed by atoms with E-state index in [0.29, 0.717) is 11.3 Å². The summed E-state index contributed by atoms with van der Waals surface area (Å²) in [5.41, 5.74) is 1.04. The van der Waals surface area contributed by atoms with E-state index in [-0.39, 0.29) is 17.4 Å². The SMILES string of the molecule is O/N=C(\c1ccc(O)cc1O)C1CCCCC1. The third-order valence-electron chi connectivity index (χ3n) is 3.36. The molecule has 1 saturated carbocycles. The third-order valence-corrected chi connectivity index (χ3v) is 3.36. The van der Waals surface area contributed by atoms with E-state index < -0.39 is 0 Å². The Labute approximate surface area is 100 Å². The van der Waals surface area contributed by atoms with Crippen LogP contribution in [0, 0.1) is 5.92 Å². The van der Waals surface area contributed by atoms with Gasteiger partial charge >= 0.3 is 0 Å². The van der Waals surface area contributed by atoms with Crippen molar-refractivity contribution in [1.82, 2.24) is 0 Å². The Morgan fingerprint density at radius 3 is 2.41 bits per heavy atom. The highest BCUT2D eigenvalue weighted by molar-refractivity contribution is 6.04. The second-order valence-corrected chi connectivity index (χ2v) is 4.52. The van der Waals surface area contributed by atoms with Gasteiger partial charge in [-0.1, -0.05) is 24.4 Å². The number of aromatic hydroxyl groups is 2. The monoisotopic (exact) mass is 235 g/mol. The number of phenols is 2. The summed E-state index contributed by atoms with van der Waals surface area (Å²) in [6.45, 7) is 0. The molecule has 4 heteroatoms. The van der Waals surface area contributed by atoms with Crippen molar-refractivity contribution in [2.45, 2.75) is 32.1 Å². The zero-order valence-electron chi connectivity index (χ0n) is 9.63. The summed E-state index contributed by atoms with van der Waals surface area (Å²) >= 11 is 0. The molecule has 1 fully saturated rings. The lowest BCUT2D eigenvalue weighted by Crippen LogP contribution is -2.19. The van der Waals surface area contributed by atoms with Gasteiger partial charge < -0.3 is 15.4 Å². The Hall–Kier alpha value is -1.71. The van der Waals surface area contributed by atoms with Crippen LogP contribution in [0.2, 0.25) is 0 Å². The molecule has 0 radical (unpaired) electrons. The van der Waals surface area contributed by atoms with Crippen LogP contribution >= 0.6 is 0 Å². The summed E-state index contributed by atoms with van der Waals surface area (Å²) < 4.78 is 0. The predicted octanol–water partition coefficient (Wildman–Crippen LogP) is 2.86. The molecule has 1 aromatic carbocycles. The molecule has 2 rings (SSSR count). The van der Waals surface area contributed by atoms with Crippen molar-refractivity contribution in [3.8, 4) is 11.5 Å². The fraction of sp³-hybridized carbons (Fsp3) is 0.462. The van der Waals surface area contributed by atoms with E-state index in [9.17, 15) is 10.2 Å².